The first kappa shape index (κ1) is 11.2. The molecule has 5 heteroatoms. The molecule has 0 aliphatic rings. The summed E-state index contributed by atoms with van der Waals surface area (Å²) in [6.07, 6.45) is 0. The zero-order valence-electron chi connectivity index (χ0n) is 8.36. The molecule has 1 aromatic rings. The molecule has 0 spiro atoms. The molecular weight excluding hydrogens is 198 g/mol. The Hall–Kier alpha value is -0.910. The van der Waals surface area contributed by atoms with Crippen LogP contribution in [-0.4, -0.2) is 23.2 Å². The van der Waals surface area contributed by atoms with Gasteiger partial charge in [0.25, 0.3) is 0 Å². The fourth-order valence-corrected chi connectivity index (χ4v) is 1.70. The average molecular weight is 213 g/mol. The minimum atomic E-state index is -3.06. The number of hydrogen-bond donors (Lipinski definition) is 2. The highest BCUT2D eigenvalue weighted by molar-refractivity contribution is 7.90. The van der Waals surface area contributed by atoms with Gasteiger partial charge >= 0.3 is 0 Å². The molecule has 1 aromatic carbocycles. The molecule has 1 rings (SSSR count). The number of nitrogens with one attached hydrogen (secondary N) is 1. The van der Waals surface area contributed by atoms with E-state index in [-0.39, 0.29) is 0 Å². The van der Waals surface area contributed by atoms with Crippen molar-refractivity contribution >= 4 is 9.92 Å². The van der Waals surface area contributed by atoms with E-state index in [9.17, 15) is 4.21 Å². The van der Waals surface area contributed by atoms with Gasteiger partial charge in [-0.1, -0.05) is 12.1 Å². The SMILES string of the molecule is CN(C)Cc1ccc(S(=N)(N)=O)cc1. The van der Waals surface area contributed by atoms with E-state index < -0.39 is 9.92 Å². The number of rotatable bonds is 3. The summed E-state index contributed by atoms with van der Waals surface area (Å²) in [5.41, 5.74) is 1.11. The predicted molar refractivity (Wildman–Crippen MR) is 57.1 cm³/mol. The zero-order valence-corrected chi connectivity index (χ0v) is 9.17. The molecule has 0 radical (unpaired) electrons. The second kappa shape index (κ2) is 4.08. The van der Waals surface area contributed by atoms with Crippen molar-refractivity contribution in [3.8, 4) is 0 Å². The van der Waals surface area contributed by atoms with Gasteiger partial charge in [0.2, 0.25) is 0 Å². The van der Waals surface area contributed by atoms with Crippen LogP contribution in [0.2, 0.25) is 0 Å². The van der Waals surface area contributed by atoms with E-state index in [0.29, 0.717) is 4.90 Å². The summed E-state index contributed by atoms with van der Waals surface area (Å²) >= 11 is 0. The summed E-state index contributed by atoms with van der Waals surface area (Å²) in [6, 6.07) is 6.98. The molecule has 0 bridgehead atoms. The highest BCUT2D eigenvalue weighted by Crippen LogP contribution is 2.09. The molecule has 0 aliphatic heterocycles. The van der Waals surface area contributed by atoms with Crippen molar-refractivity contribution in [3.63, 3.8) is 0 Å². The van der Waals surface area contributed by atoms with Crippen molar-refractivity contribution in [2.45, 2.75) is 11.4 Å². The number of benzene rings is 1. The standard InChI is InChI=1S/C9H15N3OS/c1-12(2)7-8-3-5-9(6-4-8)14(10,11)13/h3-6H,7H2,1-2H3,(H3,10,11,13). The molecule has 0 saturated carbocycles. The molecule has 0 aliphatic carbocycles. The van der Waals surface area contributed by atoms with Crippen molar-refractivity contribution < 1.29 is 4.21 Å². The highest BCUT2D eigenvalue weighted by atomic mass is 32.2. The van der Waals surface area contributed by atoms with Gasteiger partial charge in [-0.25, -0.2) is 14.1 Å². The minimum absolute atomic E-state index is 0.375. The molecule has 0 heterocycles. The van der Waals surface area contributed by atoms with Crippen LogP contribution < -0.4 is 5.14 Å². The fourth-order valence-electron chi connectivity index (χ4n) is 1.16. The van der Waals surface area contributed by atoms with Crippen LogP contribution in [0.4, 0.5) is 0 Å². The Bertz CT molecular complexity index is 395. The molecule has 0 fully saturated rings. The van der Waals surface area contributed by atoms with E-state index in [1.807, 2.05) is 31.1 Å². The van der Waals surface area contributed by atoms with Crippen molar-refractivity contribution in [2.24, 2.45) is 5.14 Å². The molecule has 1 unspecified atom stereocenters. The second-order valence-electron chi connectivity index (χ2n) is 3.48. The topological polar surface area (TPSA) is 70.2 Å². The maximum Gasteiger partial charge on any atom is 0.132 e. The van der Waals surface area contributed by atoms with Gasteiger partial charge in [0.15, 0.2) is 0 Å². The summed E-state index contributed by atoms with van der Waals surface area (Å²) in [5, 5.41) is 5.19. The molecule has 3 N–H and O–H groups in total. The molecule has 78 valence electrons. The Morgan fingerprint density at radius 2 is 1.86 bits per heavy atom. The van der Waals surface area contributed by atoms with Crippen LogP contribution in [0.5, 0.6) is 0 Å². The first-order valence-corrected chi connectivity index (χ1v) is 5.82. The Kier molecular flexibility index (Phi) is 3.25. The maximum atomic E-state index is 11.2. The van der Waals surface area contributed by atoms with E-state index in [1.165, 1.54) is 0 Å². The summed E-state index contributed by atoms with van der Waals surface area (Å²) in [5.74, 6) is 0. The maximum absolute atomic E-state index is 11.2. The van der Waals surface area contributed by atoms with Gasteiger partial charge in [-0.15, -0.1) is 0 Å². The molecule has 0 saturated heterocycles. The third-order valence-corrected chi connectivity index (χ3v) is 2.74. The lowest BCUT2D eigenvalue weighted by molar-refractivity contribution is 0.402. The summed E-state index contributed by atoms with van der Waals surface area (Å²) in [6.45, 7) is 0.823. The Morgan fingerprint density at radius 1 is 1.36 bits per heavy atom. The molecule has 4 nitrogen and oxygen atoms in total. The van der Waals surface area contributed by atoms with Crippen LogP contribution in [0.15, 0.2) is 29.2 Å². The zero-order chi connectivity index (χ0) is 10.8. The quantitative estimate of drug-likeness (QED) is 0.787. The van der Waals surface area contributed by atoms with Crippen LogP contribution >= 0.6 is 0 Å². The predicted octanol–water partition coefficient (Wildman–Crippen LogP) is 1.03. The largest absolute Gasteiger partial charge is 0.305 e. The summed E-state index contributed by atoms with van der Waals surface area (Å²) < 4.78 is 18.3. The van der Waals surface area contributed by atoms with E-state index in [2.05, 4.69) is 0 Å². The van der Waals surface area contributed by atoms with E-state index in [1.54, 1.807) is 12.1 Å². The van der Waals surface area contributed by atoms with Crippen molar-refractivity contribution in [2.75, 3.05) is 14.1 Å². The van der Waals surface area contributed by atoms with Gasteiger partial charge in [-0.05, 0) is 31.8 Å². The first-order valence-electron chi connectivity index (χ1n) is 4.20. The molecular formula is C9H15N3OS. The van der Waals surface area contributed by atoms with Crippen LogP contribution in [0.1, 0.15) is 5.56 Å². The average Bonchev–Trinajstić information content (AvgIpc) is 2.02. The van der Waals surface area contributed by atoms with E-state index in [4.69, 9.17) is 9.92 Å². The minimum Gasteiger partial charge on any atom is -0.305 e. The number of nitrogens with two attached hydrogens (primary N) is 1. The first-order chi connectivity index (χ1) is 6.39. The van der Waals surface area contributed by atoms with Crippen molar-refractivity contribution in [1.82, 2.24) is 4.90 Å². The van der Waals surface area contributed by atoms with E-state index in [0.717, 1.165) is 12.1 Å². The van der Waals surface area contributed by atoms with Crippen LogP contribution in [-0.2, 0) is 16.5 Å². The van der Waals surface area contributed by atoms with Gasteiger partial charge in [0.05, 0.1) is 4.90 Å². The fraction of sp³-hybridized carbons (Fsp3) is 0.333. The van der Waals surface area contributed by atoms with Gasteiger partial charge in [0.1, 0.15) is 9.92 Å². The highest BCUT2D eigenvalue weighted by Gasteiger charge is 2.03. The van der Waals surface area contributed by atoms with Gasteiger partial charge in [-0.3, -0.25) is 0 Å². The second-order valence-corrected chi connectivity index (χ2v) is 5.16. The van der Waals surface area contributed by atoms with Crippen molar-refractivity contribution in [3.05, 3.63) is 29.8 Å². The third kappa shape index (κ3) is 3.10. The monoisotopic (exact) mass is 213 g/mol. The molecule has 0 aromatic heterocycles. The lowest BCUT2D eigenvalue weighted by atomic mass is 10.2. The molecule has 14 heavy (non-hydrogen) atoms. The van der Waals surface area contributed by atoms with Crippen LogP contribution in [0.25, 0.3) is 0 Å². The number of nitrogens with zero attached hydrogens (tertiary/aromatic N) is 1. The Morgan fingerprint density at radius 3 is 2.21 bits per heavy atom. The number of hydrogen-bond acceptors (Lipinski definition) is 3. The lowest BCUT2D eigenvalue weighted by Gasteiger charge is -2.09. The Labute approximate surface area is 84.8 Å². The normalized spacial score (nSPS) is 15.4. The lowest BCUT2D eigenvalue weighted by Crippen LogP contribution is -2.12. The van der Waals surface area contributed by atoms with Crippen LogP contribution in [0.3, 0.4) is 0 Å². The van der Waals surface area contributed by atoms with Gasteiger partial charge in [0, 0.05) is 6.54 Å². The van der Waals surface area contributed by atoms with E-state index >= 15 is 0 Å². The summed E-state index contributed by atoms with van der Waals surface area (Å²) in [4.78, 5) is 2.41. The smallest absolute Gasteiger partial charge is 0.132 e. The Balaban J connectivity index is 2.90. The van der Waals surface area contributed by atoms with Gasteiger partial charge in [-0.2, -0.15) is 0 Å². The molecule has 0 amide bonds. The van der Waals surface area contributed by atoms with Crippen LogP contribution in [0, 0.1) is 4.78 Å². The van der Waals surface area contributed by atoms with Crippen molar-refractivity contribution in [1.29, 1.82) is 4.78 Å². The molecule has 1 atom stereocenters. The van der Waals surface area contributed by atoms with Gasteiger partial charge < -0.3 is 4.90 Å². The third-order valence-electron chi connectivity index (χ3n) is 1.77. The summed E-state index contributed by atoms with van der Waals surface area (Å²) in [7, 11) is 0.892.